The summed E-state index contributed by atoms with van der Waals surface area (Å²) in [6.45, 7) is 7.34. The number of hydrogen-bond acceptors (Lipinski definition) is 7. The first-order valence-corrected chi connectivity index (χ1v) is 11.1. The summed E-state index contributed by atoms with van der Waals surface area (Å²) in [6, 6.07) is -4.69. The van der Waals surface area contributed by atoms with Crippen LogP contribution >= 0.6 is 0 Å². The van der Waals surface area contributed by atoms with Gasteiger partial charge in [-0.25, -0.2) is 4.79 Å². The summed E-state index contributed by atoms with van der Waals surface area (Å²) >= 11 is 0. The predicted molar refractivity (Wildman–Crippen MR) is 121 cm³/mol. The Bertz CT molecular complexity index is 684. The quantitative estimate of drug-likeness (QED) is 0.139. The van der Waals surface area contributed by atoms with Crippen LogP contribution in [-0.4, -0.2) is 70.6 Å². The van der Waals surface area contributed by atoms with Gasteiger partial charge in [0.1, 0.15) is 18.1 Å². The van der Waals surface area contributed by atoms with Gasteiger partial charge < -0.3 is 37.6 Å². The molecule has 0 fully saturated rings. The van der Waals surface area contributed by atoms with Gasteiger partial charge in [0.2, 0.25) is 17.7 Å². The summed E-state index contributed by atoms with van der Waals surface area (Å²) in [4.78, 5) is 60.5. The van der Waals surface area contributed by atoms with E-state index in [9.17, 15) is 29.1 Å². The van der Waals surface area contributed by atoms with E-state index >= 15 is 0 Å². The predicted octanol–water partition coefficient (Wildman–Crippen LogP) is -0.841. The SMILES string of the molecule is CC(C)CC(NC(=O)C(NC(=O)C(CC(=O)O)NC(=O)C(N)CCCCN)C(C)C)C(=O)O. The first kappa shape index (κ1) is 30.3. The molecule has 0 aliphatic carbocycles. The number of carbonyl (C=O) groups excluding carboxylic acids is 3. The minimum atomic E-state index is -1.46. The first-order chi connectivity index (χ1) is 15.3. The molecule has 12 nitrogen and oxygen atoms in total. The van der Waals surface area contributed by atoms with Crippen LogP contribution in [0, 0.1) is 11.8 Å². The largest absolute Gasteiger partial charge is 0.481 e. The molecule has 0 aromatic heterocycles. The second-order valence-electron chi connectivity index (χ2n) is 8.81. The molecular formula is C21H39N5O7. The maximum atomic E-state index is 12.8. The molecule has 0 aliphatic heterocycles. The zero-order valence-corrected chi connectivity index (χ0v) is 19.8. The molecule has 12 heteroatoms. The van der Waals surface area contributed by atoms with Crippen LogP contribution in [0.15, 0.2) is 0 Å². The van der Waals surface area contributed by atoms with Gasteiger partial charge >= 0.3 is 11.9 Å². The Balaban J connectivity index is 5.36. The Kier molecular flexibility index (Phi) is 13.9. The minimum absolute atomic E-state index is 0.00251. The van der Waals surface area contributed by atoms with E-state index in [0.29, 0.717) is 25.8 Å². The third kappa shape index (κ3) is 12.2. The highest BCUT2D eigenvalue weighted by atomic mass is 16.4. The lowest BCUT2D eigenvalue weighted by Gasteiger charge is -2.27. The minimum Gasteiger partial charge on any atom is -0.481 e. The van der Waals surface area contributed by atoms with Gasteiger partial charge in [0.05, 0.1) is 12.5 Å². The van der Waals surface area contributed by atoms with Crippen LogP contribution < -0.4 is 27.4 Å². The highest BCUT2D eigenvalue weighted by Gasteiger charge is 2.32. The maximum absolute atomic E-state index is 12.8. The van der Waals surface area contributed by atoms with Crippen molar-refractivity contribution >= 4 is 29.7 Å². The van der Waals surface area contributed by atoms with Crippen LogP contribution in [-0.2, 0) is 24.0 Å². The monoisotopic (exact) mass is 473 g/mol. The number of hydrogen-bond donors (Lipinski definition) is 7. The third-order valence-corrected chi connectivity index (χ3v) is 4.89. The molecule has 0 aromatic rings. The smallest absolute Gasteiger partial charge is 0.326 e. The van der Waals surface area contributed by atoms with E-state index in [4.69, 9.17) is 16.6 Å². The van der Waals surface area contributed by atoms with Crippen molar-refractivity contribution in [3.05, 3.63) is 0 Å². The summed E-state index contributed by atoms with van der Waals surface area (Å²) in [5.41, 5.74) is 11.2. The van der Waals surface area contributed by atoms with E-state index in [-0.39, 0.29) is 12.3 Å². The average Bonchev–Trinajstić information content (AvgIpc) is 2.69. The highest BCUT2D eigenvalue weighted by molar-refractivity contribution is 5.95. The fourth-order valence-corrected chi connectivity index (χ4v) is 3.05. The summed E-state index contributed by atoms with van der Waals surface area (Å²) in [7, 11) is 0. The van der Waals surface area contributed by atoms with Gasteiger partial charge in [-0.3, -0.25) is 19.2 Å². The molecule has 0 aromatic carbocycles. The summed E-state index contributed by atoms with van der Waals surface area (Å²) in [6.07, 6.45) is 1.05. The molecule has 0 bridgehead atoms. The lowest BCUT2D eigenvalue weighted by Crippen LogP contribution is -2.58. The van der Waals surface area contributed by atoms with E-state index in [1.165, 1.54) is 0 Å². The molecule has 0 aliphatic rings. The molecule has 0 heterocycles. The normalized spacial score (nSPS) is 14.8. The number of nitrogens with two attached hydrogens (primary N) is 2. The fourth-order valence-electron chi connectivity index (χ4n) is 3.05. The number of amides is 3. The summed E-state index contributed by atoms with van der Waals surface area (Å²) in [5, 5.41) is 25.7. The number of nitrogens with one attached hydrogen (secondary N) is 3. The molecule has 0 rings (SSSR count). The number of carboxylic acids is 2. The number of carbonyl (C=O) groups is 5. The van der Waals surface area contributed by atoms with Gasteiger partial charge in [-0.15, -0.1) is 0 Å². The molecule has 190 valence electrons. The van der Waals surface area contributed by atoms with Crippen LogP contribution in [0.5, 0.6) is 0 Å². The first-order valence-electron chi connectivity index (χ1n) is 11.1. The lowest BCUT2D eigenvalue weighted by molar-refractivity contribution is -0.144. The van der Waals surface area contributed by atoms with Gasteiger partial charge in [-0.05, 0) is 37.6 Å². The summed E-state index contributed by atoms with van der Waals surface area (Å²) < 4.78 is 0. The van der Waals surface area contributed by atoms with Crippen molar-refractivity contribution in [3.8, 4) is 0 Å². The van der Waals surface area contributed by atoms with Crippen LogP contribution in [0.4, 0.5) is 0 Å². The van der Waals surface area contributed by atoms with E-state index in [1.807, 2.05) is 13.8 Å². The molecule has 0 spiro atoms. The van der Waals surface area contributed by atoms with Gasteiger partial charge in [0, 0.05) is 0 Å². The average molecular weight is 474 g/mol. The number of unbranched alkanes of at least 4 members (excludes halogenated alkanes) is 1. The van der Waals surface area contributed by atoms with Gasteiger partial charge in [0.25, 0.3) is 0 Å². The number of carboxylic acid groups (broad SMARTS) is 2. The van der Waals surface area contributed by atoms with Gasteiger partial charge in [-0.2, -0.15) is 0 Å². The van der Waals surface area contributed by atoms with Crippen molar-refractivity contribution in [1.29, 1.82) is 0 Å². The molecule has 4 unspecified atom stereocenters. The molecule has 3 amide bonds. The zero-order valence-electron chi connectivity index (χ0n) is 19.8. The second kappa shape index (κ2) is 15.2. The van der Waals surface area contributed by atoms with E-state index in [2.05, 4.69) is 16.0 Å². The van der Waals surface area contributed by atoms with Crippen LogP contribution in [0.2, 0.25) is 0 Å². The van der Waals surface area contributed by atoms with Gasteiger partial charge in [0.15, 0.2) is 0 Å². The molecule has 0 saturated carbocycles. The molecule has 4 atom stereocenters. The molecular weight excluding hydrogens is 434 g/mol. The number of rotatable bonds is 16. The number of aliphatic carboxylic acids is 2. The highest BCUT2D eigenvalue weighted by Crippen LogP contribution is 2.09. The Hall–Kier alpha value is -2.73. The van der Waals surface area contributed by atoms with Crippen LogP contribution in [0.1, 0.15) is 59.8 Å². The van der Waals surface area contributed by atoms with E-state index in [1.54, 1.807) is 13.8 Å². The fraction of sp³-hybridized carbons (Fsp3) is 0.762. The van der Waals surface area contributed by atoms with Crippen molar-refractivity contribution in [1.82, 2.24) is 16.0 Å². The summed E-state index contributed by atoms with van der Waals surface area (Å²) in [5.74, 6) is -5.27. The molecule has 9 N–H and O–H groups in total. The van der Waals surface area contributed by atoms with Crippen molar-refractivity contribution in [2.24, 2.45) is 23.3 Å². The van der Waals surface area contributed by atoms with Crippen molar-refractivity contribution < 1.29 is 34.2 Å². The molecule has 33 heavy (non-hydrogen) atoms. The third-order valence-electron chi connectivity index (χ3n) is 4.89. The Labute approximate surface area is 194 Å². The lowest BCUT2D eigenvalue weighted by atomic mass is 10.00. The Morgan fingerprint density at radius 2 is 1.39 bits per heavy atom. The molecule has 0 saturated heterocycles. The molecule has 0 radical (unpaired) electrons. The van der Waals surface area contributed by atoms with E-state index in [0.717, 1.165) is 0 Å². The zero-order chi connectivity index (χ0) is 25.7. The standard InChI is InChI=1S/C21H39N5O7/c1-11(2)9-15(21(32)33)25-20(31)17(12(3)4)26-19(30)14(10-16(27)28)24-18(29)13(23)7-5-6-8-22/h11-15,17H,5-10,22-23H2,1-4H3,(H,24,29)(H,25,31)(H,26,30)(H,27,28)(H,32,33). The van der Waals surface area contributed by atoms with Crippen molar-refractivity contribution in [3.63, 3.8) is 0 Å². The van der Waals surface area contributed by atoms with Crippen LogP contribution in [0.3, 0.4) is 0 Å². The van der Waals surface area contributed by atoms with E-state index < -0.39 is 66.2 Å². The topological polar surface area (TPSA) is 214 Å². The van der Waals surface area contributed by atoms with Crippen molar-refractivity contribution in [2.75, 3.05) is 6.54 Å². The Morgan fingerprint density at radius 3 is 1.85 bits per heavy atom. The van der Waals surface area contributed by atoms with Crippen molar-refractivity contribution in [2.45, 2.75) is 84.0 Å². The maximum Gasteiger partial charge on any atom is 0.326 e. The second-order valence-corrected chi connectivity index (χ2v) is 8.81. The van der Waals surface area contributed by atoms with Gasteiger partial charge in [-0.1, -0.05) is 34.1 Å². The Morgan fingerprint density at radius 1 is 0.818 bits per heavy atom. The van der Waals surface area contributed by atoms with Crippen LogP contribution in [0.25, 0.3) is 0 Å².